The quantitative estimate of drug-likeness (QED) is 0.608. The molecule has 4 nitrogen and oxygen atoms in total. The van der Waals surface area contributed by atoms with E-state index in [4.69, 9.17) is 5.73 Å². The van der Waals surface area contributed by atoms with Gasteiger partial charge in [-0.05, 0) is 53.9 Å². The van der Waals surface area contributed by atoms with Crippen molar-refractivity contribution in [2.24, 2.45) is 5.73 Å². The number of urea groups is 1. The van der Waals surface area contributed by atoms with Crippen molar-refractivity contribution in [3.63, 3.8) is 0 Å². The van der Waals surface area contributed by atoms with Crippen LogP contribution in [0.2, 0.25) is 0 Å². The molecule has 8 heteroatoms. The number of anilines is 2. The first kappa shape index (κ1) is 20.3. The maximum Gasteiger partial charge on any atom is 0.324 e. The van der Waals surface area contributed by atoms with E-state index in [0.717, 1.165) is 24.3 Å². The van der Waals surface area contributed by atoms with Gasteiger partial charge in [0.15, 0.2) is 0 Å². The summed E-state index contributed by atoms with van der Waals surface area (Å²) in [5.41, 5.74) is 5.36. The van der Waals surface area contributed by atoms with Gasteiger partial charge in [-0.25, -0.2) is 22.4 Å². The highest BCUT2D eigenvalue weighted by Gasteiger charge is 2.24. The first-order valence-electron chi connectivity index (χ1n) is 8.56. The van der Waals surface area contributed by atoms with Crippen LogP contribution < -0.4 is 10.6 Å². The Labute approximate surface area is 163 Å². The molecule has 0 fully saturated rings. The highest BCUT2D eigenvalue weighted by atomic mass is 19.1. The van der Waals surface area contributed by atoms with Gasteiger partial charge in [-0.3, -0.25) is 4.90 Å². The topological polar surface area (TPSA) is 66.6 Å². The smallest absolute Gasteiger partial charge is 0.324 e. The van der Waals surface area contributed by atoms with Gasteiger partial charge in [0.05, 0.1) is 5.69 Å². The lowest BCUT2D eigenvalue weighted by Crippen LogP contribution is -2.33. The molecule has 3 N–H and O–H groups in total. The molecular weight excluding hydrogens is 388 g/mol. The van der Waals surface area contributed by atoms with Gasteiger partial charge in [-0.15, -0.1) is 0 Å². The molecule has 0 aliphatic carbocycles. The lowest BCUT2D eigenvalue weighted by Gasteiger charge is -2.23. The lowest BCUT2D eigenvalue weighted by atomic mass is 9.96. The van der Waals surface area contributed by atoms with Gasteiger partial charge in [-0.2, -0.15) is 0 Å². The van der Waals surface area contributed by atoms with Crippen molar-refractivity contribution in [1.82, 2.24) is 0 Å². The van der Waals surface area contributed by atoms with E-state index in [2.05, 4.69) is 0 Å². The Hall–Kier alpha value is -3.39. The summed E-state index contributed by atoms with van der Waals surface area (Å²) in [6.07, 6.45) is 0.136. The number of nitrogens with two attached hydrogens (primary N) is 1. The van der Waals surface area contributed by atoms with Gasteiger partial charge >= 0.3 is 6.03 Å². The van der Waals surface area contributed by atoms with E-state index >= 15 is 0 Å². The van der Waals surface area contributed by atoms with Crippen LogP contribution in [-0.4, -0.2) is 17.7 Å². The summed E-state index contributed by atoms with van der Waals surface area (Å²) < 4.78 is 56.2. The summed E-state index contributed by atoms with van der Waals surface area (Å²) >= 11 is 0. The van der Waals surface area contributed by atoms with Crippen molar-refractivity contribution in [1.29, 1.82) is 0 Å². The van der Waals surface area contributed by atoms with Crippen LogP contribution in [0.5, 0.6) is 0 Å². The molecule has 3 aromatic rings. The van der Waals surface area contributed by atoms with Crippen molar-refractivity contribution < 1.29 is 27.5 Å². The van der Waals surface area contributed by atoms with E-state index in [0.29, 0.717) is 16.5 Å². The van der Waals surface area contributed by atoms with Gasteiger partial charge in [0.2, 0.25) is 0 Å². The SMILES string of the molecule is NC(=O)N(c1ccc(CCO)c(-c2ccc(F)cc2F)c1)c1c(F)cccc1F. The van der Waals surface area contributed by atoms with E-state index in [1.807, 2.05) is 0 Å². The molecule has 0 spiro atoms. The predicted molar refractivity (Wildman–Crippen MR) is 101 cm³/mol. The molecule has 0 saturated carbocycles. The first-order valence-corrected chi connectivity index (χ1v) is 8.56. The number of para-hydroxylation sites is 1. The molecular formula is C21H16F4N2O2. The summed E-state index contributed by atoms with van der Waals surface area (Å²) in [5, 5.41) is 9.28. The summed E-state index contributed by atoms with van der Waals surface area (Å²) in [6, 6.07) is 8.99. The molecule has 3 aromatic carbocycles. The van der Waals surface area contributed by atoms with Crippen LogP contribution in [-0.2, 0) is 6.42 Å². The summed E-state index contributed by atoms with van der Waals surface area (Å²) in [7, 11) is 0. The molecule has 0 heterocycles. The van der Waals surface area contributed by atoms with Crippen LogP contribution in [0.1, 0.15) is 5.56 Å². The number of nitrogens with zero attached hydrogens (tertiary/aromatic N) is 1. The van der Waals surface area contributed by atoms with Crippen molar-refractivity contribution in [3.05, 3.63) is 83.4 Å². The zero-order valence-electron chi connectivity index (χ0n) is 15.0. The maximum atomic E-state index is 14.4. The molecule has 0 aliphatic heterocycles. The van der Waals surface area contributed by atoms with E-state index < -0.39 is 35.0 Å². The highest BCUT2D eigenvalue weighted by Crippen LogP contribution is 2.35. The fraction of sp³-hybridized carbons (Fsp3) is 0.0952. The Balaban J connectivity index is 2.23. The zero-order valence-corrected chi connectivity index (χ0v) is 15.0. The van der Waals surface area contributed by atoms with Gasteiger partial charge in [0, 0.05) is 18.2 Å². The number of benzene rings is 3. The fourth-order valence-electron chi connectivity index (χ4n) is 3.07. The van der Waals surface area contributed by atoms with Crippen molar-refractivity contribution in [3.8, 4) is 11.1 Å². The number of rotatable bonds is 5. The number of carbonyl (C=O) groups is 1. The minimum atomic E-state index is -1.16. The number of carbonyl (C=O) groups excluding carboxylic acids is 1. The Bertz CT molecular complexity index is 1050. The van der Waals surface area contributed by atoms with E-state index in [9.17, 15) is 27.5 Å². The Morgan fingerprint density at radius 1 is 0.897 bits per heavy atom. The predicted octanol–water partition coefficient (Wildman–Crippen LogP) is 4.66. The van der Waals surface area contributed by atoms with E-state index in [1.54, 1.807) is 0 Å². The Morgan fingerprint density at radius 2 is 1.59 bits per heavy atom. The summed E-state index contributed by atoms with van der Waals surface area (Å²) in [5.74, 6) is -3.68. The third-order valence-corrected chi connectivity index (χ3v) is 4.34. The number of halogens is 4. The van der Waals surface area contributed by atoms with E-state index in [-0.39, 0.29) is 29.8 Å². The normalized spacial score (nSPS) is 10.8. The molecule has 0 unspecified atom stereocenters. The second kappa shape index (κ2) is 8.32. The minimum absolute atomic E-state index is 0.00451. The second-order valence-electron chi connectivity index (χ2n) is 6.18. The third-order valence-electron chi connectivity index (χ3n) is 4.34. The number of primary amides is 1. The Morgan fingerprint density at radius 3 is 2.17 bits per heavy atom. The molecule has 0 bridgehead atoms. The standard InChI is InChI=1S/C21H16F4N2O2/c22-13-5-7-15(19(25)10-13)16-11-14(6-4-12(16)8-9-28)27(21(26)29)20-17(23)2-1-3-18(20)24/h1-7,10-11,28H,8-9H2,(H2,26,29). The number of hydrogen-bond acceptors (Lipinski definition) is 2. The third kappa shape index (κ3) is 4.07. The average molecular weight is 404 g/mol. The summed E-state index contributed by atoms with van der Waals surface area (Å²) in [6.45, 7) is -0.253. The van der Waals surface area contributed by atoms with Crippen molar-refractivity contribution >= 4 is 17.4 Å². The average Bonchev–Trinajstić information content (AvgIpc) is 2.65. The van der Waals surface area contributed by atoms with Crippen LogP contribution in [0.25, 0.3) is 11.1 Å². The lowest BCUT2D eigenvalue weighted by molar-refractivity contribution is 0.255. The van der Waals surface area contributed by atoms with Crippen molar-refractivity contribution in [2.45, 2.75) is 6.42 Å². The van der Waals surface area contributed by atoms with Crippen LogP contribution in [0, 0.1) is 23.3 Å². The van der Waals surface area contributed by atoms with Crippen LogP contribution in [0.4, 0.5) is 33.7 Å². The minimum Gasteiger partial charge on any atom is -0.396 e. The molecule has 0 atom stereocenters. The van der Waals surface area contributed by atoms with Gasteiger partial charge < -0.3 is 10.8 Å². The molecule has 0 saturated heterocycles. The van der Waals surface area contributed by atoms with Gasteiger partial charge in [0.1, 0.15) is 29.0 Å². The molecule has 0 aromatic heterocycles. The monoisotopic (exact) mass is 404 g/mol. The molecule has 150 valence electrons. The molecule has 2 amide bonds. The number of hydrogen-bond donors (Lipinski definition) is 2. The molecule has 3 rings (SSSR count). The largest absolute Gasteiger partial charge is 0.396 e. The van der Waals surface area contributed by atoms with Crippen molar-refractivity contribution in [2.75, 3.05) is 11.5 Å². The number of aliphatic hydroxyl groups excluding tert-OH is 1. The van der Waals surface area contributed by atoms with Crippen LogP contribution in [0.15, 0.2) is 54.6 Å². The van der Waals surface area contributed by atoms with Crippen LogP contribution in [0.3, 0.4) is 0 Å². The molecule has 29 heavy (non-hydrogen) atoms. The van der Waals surface area contributed by atoms with E-state index in [1.165, 1.54) is 24.3 Å². The highest BCUT2D eigenvalue weighted by molar-refractivity contribution is 5.99. The fourth-order valence-corrected chi connectivity index (χ4v) is 3.07. The zero-order chi connectivity index (χ0) is 21.1. The van der Waals surface area contributed by atoms with Crippen LogP contribution >= 0.6 is 0 Å². The second-order valence-corrected chi connectivity index (χ2v) is 6.18. The Kier molecular flexibility index (Phi) is 5.84. The van der Waals surface area contributed by atoms with Gasteiger partial charge in [-0.1, -0.05) is 12.1 Å². The number of amides is 2. The molecule has 0 aliphatic rings. The first-order chi connectivity index (χ1) is 13.8. The molecule has 0 radical (unpaired) electrons. The van der Waals surface area contributed by atoms with Gasteiger partial charge in [0.25, 0.3) is 0 Å². The summed E-state index contributed by atoms with van der Waals surface area (Å²) in [4.78, 5) is 12.6. The maximum absolute atomic E-state index is 14.4. The number of aliphatic hydroxyl groups is 1.